The predicted molar refractivity (Wildman–Crippen MR) is 51.4 cm³/mol. The van der Waals surface area contributed by atoms with Crippen molar-refractivity contribution >= 4 is 21.7 Å². The Labute approximate surface area is 118 Å². The smallest absolute Gasteiger partial charge is 0.366 e. The van der Waals surface area contributed by atoms with Crippen molar-refractivity contribution in [2.45, 2.75) is 4.90 Å². The first kappa shape index (κ1) is 16.0. The Bertz CT molecular complexity index is 570. The second kappa shape index (κ2) is 5.56. The molecule has 17 heavy (non-hydrogen) atoms. The summed E-state index contributed by atoms with van der Waals surface area (Å²) < 4.78 is 30.5. The van der Waals surface area contributed by atoms with E-state index >= 15 is 0 Å². The molecular weight excluding hydrogens is 263 g/mol. The summed E-state index contributed by atoms with van der Waals surface area (Å²) in [7, 11) is -4.74. The van der Waals surface area contributed by atoms with Crippen LogP contribution in [-0.2, 0) is 10.1 Å². The number of amides is 1. The van der Waals surface area contributed by atoms with Crippen LogP contribution in [0.15, 0.2) is 23.1 Å². The molecule has 0 aromatic heterocycles. The van der Waals surface area contributed by atoms with Crippen molar-refractivity contribution in [2.75, 3.05) is 0 Å². The van der Waals surface area contributed by atoms with Gasteiger partial charge in [-0.3, -0.25) is 19.5 Å². The zero-order valence-electron chi connectivity index (χ0n) is 8.65. The Hall–Kier alpha value is -1.000. The van der Waals surface area contributed by atoms with Crippen molar-refractivity contribution in [3.05, 3.63) is 33.9 Å². The van der Waals surface area contributed by atoms with Crippen LogP contribution in [0.1, 0.15) is 10.4 Å². The number of nitro groups is 1. The Balaban J connectivity index is 0.00000256. The molecule has 8 nitrogen and oxygen atoms in total. The van der Waals surface area contributed by atoms with Crippen molar-refractivity contribution in [1.82, 2.24) is 0 Å². The molecule has 1 amide bonds. The van der Waals surface area contributed by atoms with Crippen LogP contribution in [0.25, 0.3) is 0 Å². The molecule has 0 saturated carbocycles. The van der Waals surface area contributed by atoms with Gasteiger partial charge in [-0.15, -0.1) is 0 Å². The molecule has 1 aromatic carbocycles. The maximum Gasteiger partial charge on any atom is 1.00 e. The Kier molecular flexibility index (Phi) is 5.23. The number of rotatable bonds is 3. The fraction of sp³-hybridized carbons (Fsp3) is 0. The second-order valence-electron chi connectivity index (χ2n) is 2.78. The van der Waals surface area contributed by atoms with Crippen molar-refractivity contribution < 1.29 is 52.2 Å². The minimum Gasteiger partial charge on any atom is -0.366 e. The van der Waals surface area contributed by atoms with Gasteiger partial charge in [-0.2, -0.15) is 8.42 Å². The number of nitrogens with zero attached hydrogens (tertiary/aromatic N) is 1. The summed E-state index contributed by atoms with van der Waals surface area (Å²) in [6.07, 6.45) is 0. The van der Waals surface area contributed by atoms with E-state index in [0.29, 0.717) is 6.07 Å². The van der Waals surface area contributed by atoms with Crippen molar-refractivity contribution in [2.24, 2.45) is 5.73 Å². The summed E-state index contributed by atoms with van der Waals surface area (Å²) >= 11 is 0. The standard InChI is InChI=1S/C7H6N2O6S.Na/c8-7(10)5-2-1-4(9(11)12)3-6(5)16(13,14)15;/h1-3H,(H2,8,10)(H,13,14,15);/q;+1. The molecule has 0 fully saturated rings. The van der Waals surface area contributed by atoms with Crippen molar-refractivity contribution in [3.8, 4) is 0 Å². The van der Waals surface area contributed by atoms with E-state index in [0.717, 1.165) is 12.1 Å². The van der Waals surface area contributed by atoms with Crippen molar-refractivity contribution in [1.29, 1.82) is 0 Å². The predicted octanol–water partition coefficient (Wildman–Crippen LogP) is -3.06. The van der Waals surface area contributed by atoms with Crippen LogP contribution in [0.2, 0.25) is 0 Å². The molecule has 1 rings (SSSR count). The number of nitro benzene ring substituents is 1. The largest absolute Gasteiger partial charge is 1.00 e. The van der Waals surface area contributed by atoms with E-state index < -0.39 is 37.1 Å². The molecule has 1 aromatic rings. The Morgan fingerprint density at radius 3 is 2.29 bits per heavy atom. The minimum absolute atomic E-state index is 0. The summed E-state index contributed by atoms with van der Waals surface area (Å²) in [4.78, 5) is 19.5. The van der Waals surface area contributed by atoms with Gasteiger partial charge in [0.25, 0.3) is 15.8 Å². The summed E-state index contributed by atoms with van der Waals surface area (Å²) in [6.45, 7) is 0. The average molecular weight is 269 g/mol. The maximum absolute atomic E-state index is 10.9. The van der Waals surface area contributed by atoms with Crippen LogP contribution >= 0.6 is 0 Å². The monoisotopic (exact) mass is 269 g/mol. The van der Waals surface area contributed by atoms with Crippen molar-refractivity contribution in [3.63, 3.8) is 0 Å². The van der Waals surface area contributed by atoms with E-state index in [2.05, 4.69) is 0 Å². The molecule has 0 heterocycles. The SMILES string of the molecule is NC(=O)c1ccc([N+](=O)[O-])cc1S(=O)(=O)O.[Na+]. The molecule has 0 aliphatic rings. The fourth-order valence-electron chi connectivity index (χ4n) is 1.04. The van der Waals surface area contributed by atoms with Gasteiger partial charge in [0.2, 0.25) is 5.91 Å². The van der Waals surface area contributed by atoms with Crippen LogP contribution in [0.4, 0.5) is 5.69 Å². The average Bonchev–Trinajstić information content (AvgIpc) is 2.15. The van der Waals surface area contributed by atoms with Gasteiger partial charge in [-0.05, 0) is 6.07 Å². The van der Waals surface area contributed by atoms with Gasteiger partial charge in [0.05, 0.1) is 10.5 Å². The van der Waals surface area contributed by atoms with E-state index in [1.165, 1.54) is 0 Å². The molecule has 86 valence electrons. The van der Waals surface area contributed by atoms with E-state index in [-0.39, 0.29) is 29.6 Å². The zero-order valence-corrected chi connectivity index (χ0v) is 11.5. The quantitative estimate of drug-likeness (QED) is 0.258. The van der Waals surface area contributed by atoms with E-state index in [9.17, 15) is 23.3 Å². The number of benzene rings is 1. The number of carbonyl (C=O) groups is 1. The van der Waals surface area contributed by atoms with Crippen LogP contribution in [-0.4, -0.2) is 23.8 Å². The van der Waals surface area contributed by atoms with Crippen LogP contribution in [0, 0.1) is 10.1 Å². The zero-order chi connectivity index (χ0) is 12.5. The van der Waals surface area contributed by atoms with E-state index in [1.54, 1.807) is 0 Å². The number of hydrogen-bond acceptors (Lipinski definition) is 5. The third-order valence-electron chi connectivity index (χ3n) is 1.72. The Morgan fingerprint density at radius 1 is 1.41 bits per heavy atom. The molecular formula is C7H6N2NaO6S+. The molecule has 3 N–H and O–H groups in total. The summed E-state index contributed by atoms with van der Waals surface area (Å²) in [5.74, 6) is -1.11. The molecule has 0 saturated heterocycles. The van der Waals surface area contributed by atoms with E-state index in [4.69, 9.17) is 10.3 Å². The molecule has 10 heteroatoms. The number of nitrogens with two attached hydrogens (primary N) is 1. The maximum atomic E-state index is 10.9. The van der Waals surface area contributed by atoms with Crippen LogP contribution < -0.4 is 35.3 Å². The third kappa shape index (κ3) is 3.75. The summed E-state index contributed by atoms with van der Waals surface area (Å²) in [5, 5.41) is 10.4. The van der Waals surface area contributed by atoms with Crippen LogP contribution in [0.5, 0.6) is 0 Å². The number of hydrogen-bond donors (Lipinski definition) is 2. The van der Waals surface area contributed by atoms with Gasteiger partial charge < -0.3 is 5.73 Å². The van der Waals surface area contributed by atoms with Crippen LogP contribution in [0.3, 0.4) is 0 Å². The molecule has 0 spiro atoms. The first-order chi connectivity index (χ1) is 7.23. The van der Waals surface area contributed by atoms with Gasteiger partial charge in [0.15, 0.2) is 0 Å². The first-order valence-electron chi connectivity index (χ1n) is 3.79. The van der Waals surface area contributed by atoms with Gasteiger partial charge >= 0.3 is 29.6 Å². The van der Waals surface area contributed by atoms with Gasteiger partial charge in [0, 0.05) is 12.1 Å². The van der Waals surface area contributed by atoms with Gasteiger partial charge in [-0.25, -0.2) is 0 Å². The first-order valence-corrected chi connectivity index (χ1v) is 5.23. The number of carbonyl (C=O) groups excluding carboxylic acids is 1. The molecule has 0 bridgehead atoms. The molecule has 0 unspecified atom stereocenters. The van der Waals surface area contributed by atoms with Gasteiger partial charge in [0.1, 0.15) is 4.90 Å². The Morgan fingerprint density at radius 2 is 1.94 bits per heavy atom. The fourth-order valence-corrected chi connectivity index (χ4v) is 1.76. The summed E-state index contributed by atoms with van der Waals surface area (Å²) in [6, 6.07) is 2.34. The molecule has 0 aliphatic carbocycles. The molecule has 0 aliphatic heterocycles. The number of non-ortho nitro benzene ring substituents is 1. The molecule has 0 atom stereocenters. The normalized spacial score (nSPS) is 10.4. The topological polar surface area (TPSA) is 141 Å². The summed E-state index contributed by atoms with van der Waals surface area (Å²) in [5.41, 5.74) is 3.78. The third-order valence-corrected chi connectivity index (χ3v) is 2.61. The van der Waals surface area contributed by atoms with Gasteiger partial charge in [-0.1, -0.05) is 0 Å². The minimum atomic E-state index is -4.74. The molecule has 0 radical (unpaired) electrons. The van der Waals surface area contributed by atoms with E-state index in [1.807, 2.05) is 0 Å². The number of primary amides is 1. The second-order valence-corrected chi connectivity index (χ2v) is 4.17.